The zero-order valence-electron chi connectivity index (χ0n) is 19.5. The van der Waals surface area contributed by atoms with Crippen LogP contribution in [0.4, 0.5) is 11.4 Å². The fourth-order valence-electron chi connectivity index (χ4n) is 3.93. The molecular formula is C27H26N4O4. The molecule has 0 bridgehead atoms. The summed E-state index contributed by atoms with van der Waals surface area (Å²) in [5, 5.41) is 29.5. The molecule has 0 saturated carbocycles. The molecule has 1 amide bonds. The van der Waals surface area contributed by atoms with Crippen LogP contribution in [0.1, 0.15) is 40.4 Å². The lowest BCUT2D eigenvalue weighted by atomic mass is 10.00. The summed E-state index contributed by atoms with van der Waals surface area (Å²) < 4.78 is 0. The van der Waals surface area contributed by atoms with Gasteiger partial charge in [0.05, 0.1) is 22.6 Å². The quantitative estimate of drug-likeness (QED) is 0.324. The molecule has 0 spiro atoms. The number of amides is 1. The Morgan fingerprint density at radius 2 is 1.71 bits per heavy atom. The third-order valence-electron chi connectivity index (χ3n) is 5.89. The standard InChI is InChI=1S/C27H26N4O4/c1-17-8-3-4-9-19(17)10-5-11-20-12-7-15-23(25(20)32)28-29-24-18(2)30-31(26(24)33)22-14-6-13-21(16-22)27(34)35/h3-4,6-9,12-16,28,32H,5,10-11H2,1-2H3,(H,34,35)/b29-24-. The van der Waals surface area contributed by atoms with Gasteiger partial charge < -0.3 is 10.2 Å². The van der Waals surface area contributed by atoms with Crippen molar-refractivity contribution in [2.45, 2.75) is 33.1 Å². The number of carbonyl (C=O) groups is 2. The second kappa shape index (κ2) is 10.2. The Morgan fingerprint density at radius 1 is 1.00 bits per heavy atom. The lowest BCUT2D eigenvalue weighted by Crippen LogP contribution is -2.28. The Bertz CT molecular complexity index is 1350. The lowest BCUT2D eigenvalue weighted by molar-refractivity contribution is -0.112. The van der Waals surface area contributed by atoms with Crippen LogP contribution in [0.3, 0.4) is 0 Å². The van der Waals surface area contributed by atoms with Crippen molar-refractivity contribution in [2.75, 3.05) is 10.4 Å². The summed E-state index contributed by atoms with van der Waals surface area (Å²) in [7, 11) is 0. The van der Waals surface area contributed by atoms with Gasteiger partial charge in [-0.3, -0.25) is 10.2 Å². The zero-order chi connectivity index (χ0) is 24.9. The van der Waals surface area contributed by atoms with E-state index in [0.717, 1.165) is 23.4 Å². The molecule has 1 heterocycles. The van der Waals surface area contributed by atoms with Crippen LogP contribution in [0.5, 0.6) is 5.75 Å². The normalized spacial score (nSPS) is 14.3. The number of para-hydroxylation sites is 1. The molecule has 0 fully saturated rings. The fraction of sp³-hybridized carbons (Fsp3) is 0.185. The maximum Gasteiger partial charge on any atom is 0.335 e. The maximum absolute atomic E-state index is 12.9. The highest BCUT2D eigenvalue weighted by atomic mass is 16.4. The van der Waals surface area contributed by atoms with E-state index in [1.807, 2.05) is 24.3 Å². The summed E-state index contributed by atoms with van der Waals surface area (Å²) in [4.78, 5) is 24.2. The number of carboxylic acids is 1. The summed E-state index contributed by atoms with van der Waals surface area (Å²) in [6.45, 7) is 3.73. The summed E-state index contributed by atoms with van der Waals surface area (Å²) in [5.74, 6) is -1.50. The molecule has 3 aromatic carbocycles. The van der Waals surface area contributed by atoms with E-state index in [1.54, 1.807) is 25.1 Å². The number of nitrogens with one attached hydrogen (secondary N) is 1. The summed E-state index contributed by atoms with van der Waals surface area (Å²) >= 11 is 0. The molecule has 1 aliphatic heterocycles. The molecular weight excluding hydrogens is 444 g/mol. The molecule has 0 unspecified atom stereocenters. The van der Waals surface area contributed by atoms with E-state index in [4.69, 9.17) is 0 Å². The molecule has 3 N–H and O–H groups in total. The minimum atomic E-state index is -1.09. The number of phenolic OH excluding ortho intramolecular Hbond substituents is 1. The number of carboxylic acid groups (broad SMARTS) is 1. The largest absolute Gasteiger partial charge is 0.505 e. The number of aromatic carboxylic acids is 1. The van der Waals surface area contributed by atoms with Crippen molar-refractivity contribution in [2.24, 2.45) is 10.2 Å². The number of hydrogen-bond donors (Lipinski definition) is 3. The number of aromatic hydroxyl groups is 1. The highest BCUT2D eigenvalue weighted by Crippen LogP contribution is 2.29. The van der Waals surface area contributed by atoms with Crippen molar-refractivity contribution in [1.82, 2.24) is 0 Å². The first kappa shape index (κ1) is 23.7. The Kier molecular flexibility index (Phi) is 6.91. The van der Waals surface area contributed by atoms with Gasteiger partial charge in [0.15, 0.2) is 5.71 Å². The van der Waals surface area contributed by atoms with Crippen LogP contribution in [0.2, 0.25) is 0 Å². The molecule has 0 saturated heterocycles. The van der Waals surface area contributed by atoms with Gasteiger partial charge >= 0.3 is 11.9 Å². The number of phenols is 1. The first-order chi connectivity index (χ1) is 16.8. The molecule has 1 aliphatic rings. The highest BCUT2D eigenvalue weighted by Gasteiger charge is 2.31. The van der Waals surface area contributed by atoms with Crippen LogP contribution in [0.15, 0.2) is 76.9 Å². The molecule has 8 heteroatoms. The Hall–Kier alpha value is -4.46. The van der Waals surface area contributed by atoms with Gasteiger partial charge in [0.1, 0.15) is 5.75 Å². The van der Waals surface area contributed by atoms with E-state index in [9.17, 15) is 19.8 Å². The monoisotopic (exact) mass is 470 g/mol. The Labute approximate surface area is 203 Å². The molecule has 8 nitrogen and oxygen atoms in total. The van der Waals surface area contributed by atoms with Crippen LogP contribution in [-0.4, -0.2) is 33.5 Å². The second-order valence-corrected chi connectivity index (χ2v) is 8.32. The number of aryl methyl sites for hydroxylation is 3. The van der Waals surface area contributed by atoms with E-state index in [2.05, 4.69) is 34.7 Å². The van der Waals surface area contributed by atoms with Gasteiger partial charge in [-0.05, 0) is 74.1 Å². The van der Waals surface area contributed by atoms with Gasteiger partial charge in [0, 0.05) is 0 Å². The Balaban J connectivity index is 1.45. The van der Waals surface area contributed by atoms with E-state index in [-0.39, 0.29) is 17.0 Å². The van der Waals surface area contributed by atoms with Crippen molar-refractivity contribution in [3.63, 3.8) is 0 Å². The number of rotatable bonds is 8. The van der Waals surface area contributed by atoms with Crippen molar-refractivity contribution in [3.05, 3.63) is 89.0 Å². The van der Waals surface area contributed by atoms with E-state index in [0.29, 0.717) is 23.5 Å². The molecule has 0 aromatic heterocycles. The van der Waals surface area contributed by atoms with E-state index >= 15 is 0 Å². The minimum absolute atomic E-state index is 0.0517. The summed E-state index contributed by atoms with van der Waals surface area (Å²) in [5.41, 5.74) is 7.35. The number of anilines is 2. The fourth-order valence-corrected chi connectivity index (χ4v) is 3.93. The number of hydrazone groups is 2. The van der Waals surface area contributed by atoms with Gasteiger partial charge in [-0.1, -0.05) is 42.5 Å². The van der Waals surface area contributed by atoms with Crippen LogP contribution >= 0.6 is 0 Å². The lowest BCUT2D eigenvalue weighted by Gasteiger charge is -2.12. The SMILES string of the molecule is CC1=NN(c2cccc(C(=O)O)c2)C(=O)/C1=N\Nc1cccc(CCCc2ccccc2C)c1O. The predicted octanol–water partition coefficient (Wildman–Crippen LogP) is 4.76. The molecule has 3 aromatic rings. The number of benzene rings is 3. The average Bonchev–Trinajstić information content (AvgIpc) is 3.13. The molecule has 4 rings (SSSR count). The van der Waals surface area contributed by atoms with Crippen LogP contribution in [0.25, 0.3) is 0 Å². The van der Waals surface area contributed by atoms with Crippen molar-refractivity contribution < 1.29 is 19.8 Å². The summed E-state index contributed by atoms with van der Waals surface area (Å²) in [6.07, 6.45) is 2.49. The summed E-state index contributed by atoms with van der Waals surface area (Å²) in [6, 6.07) is 19.6. The van der Waals surface area contributed by atoms with Crippen molar-refractivity contribution in [1.29, 1.82) is 0 Å². The Morgan fingerprint density at radius 3 is 2.49 bits per heavy atom. The van der Waals surface area contributed by atoms with Gasteiger partial charge in [0.2, 0.25) is 0 Å². The highest BCUT2D eigenvalue weighted by molar-refractivity contribution is 6.71. The van der Waals surface area contributed by atoms with E-state index in [1.165, 1.54) is 23.3 Å². The third kappa shape index (κ3) is 5.22. The predicted molar refractivity (Wildman–Crippen MR) is 136 cm³/mol. The van der Waals surface area contributed by atoms with Gasteiger partial charge in [-0.2, -0.15) is 15.2 Å². The van der Waals surface area contributed by atoms with Gasteiger partial charge in [-0.25, -0.2) is 4.79 Å². The van der Waals surface area contributed by atoms with E-state index < -0.39 is 11.9 Å². The number of carbonyl (C=O) groups excluding carboxylic acids is 1. The first-order valence-electron chi connectivity index (χ1n) is 11.3. The molecule has 0 aliphatic carbocycles. The van der Waals surface area contributed by atoms with Crippen LogP contribution < -0.4 is 10.4 Å². The van der Waals surface area contributed by atoms with Crippen molar-refractivity contribution >= 4 is 34.7 Å². The topological polar surface area (TPSA) is 115 Å². The van der Waals surface area contributed by atoms with Gasteiger partial charge in [-0.15, -0.1) is 0 Å². The second-order valence-electron chi connectivity index (χ2n) is 8.32. The first-order valence-corrected chi connectivity index (χ1v) is 11.3. The zero-order valence-corrected chi connectivity index (χ0v) is 19.5. The van der Waals surface area contributed by atoms with Gasteiger partial charge in [0.25, 0.3) is 0 Å². The molecule has 35 heavy (non-hydrogen) atoms. The maximum atomic E-state index is 12.9. The molecule has 0 atom stereocenters. The minimum Gasteiger partial charge on any atom is -0.505 e. The number of hydrogen-bond acceptors (Lipinski definition) is 6. The smallest absolute Gasteiger partial charge is 0.335 e. The number of nitrogens with zero attached hydrogens (tertiary/aromatic N) is 3. The van der Waals surface area contributed by atoms with Crippen LogP contribution in [-0.2, 0) is 17.6 Å². The average molecular weight is 471 g/mol. The van der Waals surface area contributed by atoms with Crippen molar-refractivity contribution in [3.8, 4) is 5.75 Å². The van der Waals surface area contributed by atoms with Crippen LogP contribution in [0, 0.1) is 6.92 Å². The molecule has 178 valence electrons. The molecule has 0 radical (unpaired) electrons. The third-order valence-corrected chi connectivity index (χ3v) is 5.89.